The predicted octanol–water partition coefficient (Wildman–Crippen LogP) is 16.4. The van der Waals surface area contributed by atoms with Gasteiger partial charge in [0, 0.05) is 44.2 Å². The third-order valence-electron chi connectivity index (χ3n) is 15.2. The first kappa shape index (κ1) is 40.2. The Morgan fingerprint density at radius 2 is 0.912 bits per heavy atom. The third kappa shape index (κ3) is 6.19. The highest BCUT2D eigenvalue weighted by Gasteiger charge is 2.38. The molecule has 0 fully saturated rings. The van der Waals surface area contributed by atoms with Crippen molar-refractivity contribution in [2.45, 2.75) is 44.4 Å². The Morgan fingerprint density at radius 1 is 0.368 bits per heavy atom. The lowest BCUT2D eigenvalue weighted by Gasteiger charge is -2.40. The number of benzene rings is 9. The van der Waals surface area contributed by atoms with Gasteiger partial charge in [0.25, 0.3) is 0 Å². The van der Waals surface area contributed by atoms with Gasteiger partial charge in [-0.25, -0.2) is 9.97 Å². The van der Waals surface area contributed by atoms with Crippen LogP contribution in [-0.4, -0.2) is 14.5 Å². The quantitative estimate of drug-likeness (QED) is 0.167. The van der Waals surface area contributed by atoms with E-state index < -0.39 is 0 Å². The zero-order chi connectivity index (χ0) is 45.7. The van der Waals surface area contributed by atoms with Crippen molar-refractivity contribution in [2.75, 3.05) is 0 Å². The first-order chi connectivity index (χ1) is 33.2. The molecule has 68 heavy (non-hydrogen) atoms. The van der Waals surface area contributed by atoms with Crippen molar-refractivity contribution in [1.82, 2.24) is 14.5 Å². The number of aromatic nitrogens is 3. The molecule has 2 aliphatic rings. The molecule has 13 rings (SSSR count). The first-order valence-electron chi connectivity index (χ1n) is 23.8. The van der Waals surface area contributed by atoms with Crippen LogP contribution in [0.3, 0.4) is 0 Å². The fourth-order valence-corrected chi connectivity index (χ4v) is 11.7. The van der Waals surface area contributed by atoms with E-state index in [0.29, 0.717) is 5.82 Å². The second-order valence-corrected chi connectivity index (χ2v) is 19.8. The van der Waals surface area contributed by atoms with Gasteiger partial charge in [0.1, 0.15) is 0 Å². The molecule has 11 aromatic rings. The summed E-state index contributed by atoms with van der Waals surface area (Å²) in [4.78, 5) is 10.3. The zero-order valence-corrected chi connectivity index (χ0v) is 38.7. The summed E-state index contributed by atoms with van der Waals surface area (Å²) in [6.45, 7) is 9.49. The van der Waals surface area contributed by atoms with Gasteiger partial charge in [0.2, 0.25) is 0 Å². The summed E-state index contributed by atoms with van der Waals surface area (Å²) in [6.07, 6.45) is 0. The molecule has 3 nitrogen and oxygen atoms in total. The standard InChI is InChI=1S/C65H49N3/c1-64(2)53-25-12-11-23-50(53)61(44-31-29-41(30-32-44)46-34-36-59-52(38-46)49-24-16-27-55-62(49)68(59)60-28-14-13-26-54(60)65(55,3)4)51-35-33-47(39-56(51)64)45-21-15-22-48(37-45)63-66-57(42-17-7-5-8-18-42)40-58(67-63)43-19-9-6-10-20-43/h5-40,61H,1-4H3. The van der Waals surface area contributed by atoms with Gasteiger partial charge in [-0.15, -0.1) is 0 Å². The van der Waals surface area contributed by atoms with Crippen LogP contribution in [0.4, 0.5) is 0 Å². The molecule has 1 aliphatic carbocycles. The SMILES string of the molecule is CC1(C)c2ccccc2C(c2ccc(-c3ccc4c(c3)c3cccc5c3n4-c3ccccc3C5(C)C)cc2)c2ccc(-c3cccc(-c4nc(-c5ccccc5)cc(-c5ccccc5)n4)c3)cc21. The summed E-state index contributed by atoms with van der Waals surface area (Å²) in [7, 11) is 0. The Balaban J connectivity index is 0.878. The van der Waals surface area contributed by atoms with Gasteiger partial charge in [-0.3, -0.25) is 0 Å². The lowest BCUT2D eigenvalue weighted by molar-refractivity contribution is 0.598. The van der Waals surface area contributed by atoms with E-state index in [1.807, 2.05) is 12.1 Å². The average Bonchev–Trinajstić information content (AvgIpc) is 3.73. The molecule has 0 spiro atoms. The van der Waals surface area contributed by atoms with Crippen molar-refractivity contribution in [3.8, 4) is 61.8 Å². The Labute approximate surface area is 398 Å². The summed E-state index contributed by atoms with van der Waals surface area (Å²) in [5.74, 6) is 0.807. The molecule has 3 heteroatoms. The van der Waals surface area contributed by atoms with Crippen molar-refractivity contribution < 1.29 is 0 Å². The van der Waals surface area contributed by atoms with E-state index in [4.69, 9.17) is 9.97 Å². The molecule has 9 aromatic carbocycles. The van der Waals surface area contributed by atoms with Crippen LogP contribution in [0.1, 0.15) is 72.6 Å². The summed E-state index contributed by atoms with van der Waals surface area (Å²) < 4.78 is 2.50. The number of hydrogen-bond acceptors (Lipinski definition) is 2. The van der Waals surface area contributed by atoms with Crippen LogP contribution in [-0.2, 0) is 10.8 Å². The Hall–Kier alpha value is -8.14. The minimum absolute atomic E-state index is 0.0867. The molecule has 0 radical (unpaired) electrons. The minimum atomic E-state index is -0.209. The second-order valence-electron chi connectivity index (χ2n) is 19.8. The predicted molar refractivity (Wildman–Crippen MR) is 282 cm³/mol. The monoisotopic (exact) mass is 871 g/mol. The van der Waals surface area contributed by atoms with Gasteiger partial charge in [-0.1, -0.05) is 210 Å². The van der Waals surface area contributed by atoms with Crippen molar-refractivity contribution in [2.24, 2.45) is 0 Å². The van der Waals surface area contributed by atoms with Gasteiger partial charge in [-0.2, -0.15) is 0 Å². The van der Waals surface area contributed by atoms with E-state index in [9.17, 15) is 0 Å². The second kappa shape index (κ2) is 15.2. The van der Waals surface area contributed by atoms with Crippen molar-refractivity contribution in [3.63, 3.8) is 0 Å². The molecule has 0 saturated carbocycles. The van der Waals surface area contributed by atoms with Crippen LogP contribution in [0, 0.1) is 0 Å². The lowest BCUT2D eigenvalue weighted by atomic mass is 9.63. The summed E-state index contributed by atoms with van der Waals surface area (Å²) in [5.41, 5.74) is 22.8. The summed E-state index contributed by atoms with van der Waals surface area (Å²) in [5, 5.41) is 2.60. The van der Waals surface area contributed by atoms with Gasteiger partial charge < -0.3 is 4.57 Å². The van der Waals surface area contributed by atoms with Crippen LogP contribution in [0.5, 0.6) is 0 Å². The van der Waals surface area contributed by atoms with Crippen LogP contribution in [0.2, 0.25) is 0 Å². The number of fused-ring (bicyclic) bond motifs is 7. The highest BCUT2D eigenvalue weighted by molar-refractivity contribution is 6.12. The van der Waals surface area contributed by atoms with Gasteiger partial charge in [0.15, 0.2) is 5.82 Å². The smallest absolute Gasteiger partial charge is 0.160 e. The van der Waals surface area contributed by atoms with Crippen molar-refractivity contribution >= 4 is 21.8 Å². The average molecular weight is 872 g/mol. The van der Waals surface area contributed by atoms with E-state index >= 15 is 0 Å². The van der Waals surface area contributed by atoms with E-state index in [-0.39, 0.29) is 16.7 Å². The van der Waals surface area contributed by atoms with Gasteiger partial charge in [0.05, 0.1) is 28.1 Å². The summed E-state index contributed by atoms with van der Waals surface area (Å²) >= 11 is 0. The van der Waals surface area contributed by atoms with Crippen LogP contribution in [0.25, 0.3) is 83.6 Å². The van der Waals surface area contributed by atoms with Gasteiger partial charge in [-0.05, 0) is 97.6 Å². The fourth-order valence-electron chi connectivity index (χ4n) is 11.7. The molecule has 0 amide bonds. The number of nitrogens with zero attached hydrogens (tertiary/aromatic N) is 3. The lowest BCUT2D eigenvalue weighted by Crippen LogP contribution is -2.29. The van der Waals surface area contributed by atoms with Crippen molar-refractivity contribution in [3.05, 3.63) is 257 Å². The zero-order valence-electron chi connectivity index (χ0n) is 38.7. The Kier molecular flexibility index (Phi) is 8.98. The van der Waals surface area contributed by atoms with Crippen molar-refractivity contribution in [1.29, 1.82) is 0 Å². The molecule has 0 N–H and O–H groups in total. The van der Waals surface area contributed by atoms with Crippen LogP contribution < -0.4 is 0 Å². The molecule has 324 valence electrons. The van der Waals surface area contributed by atoms with E-state index in [1.54, 1.807) is 0 Å². The third-order valence-corrected chi connectivity index (χ3v) is 15.2. The maximum Gasteiger partial charge on any atom is 0.160 e. The molecule has 3 heterocycles. The highest BCUT2D eigenvalue weighted by Crippen LogP contribution is 2.51. The maximum absolute atomic E-state index is 5.16. The molecular weight excluding hydrogens is 823 g/mol. The van der Waals surface area contributed by atoms with E-state index in [2.05, 4.69) is 239 Å². The van der Waals surface area contributed by atoms with E-state index in [1.165, 1.54) is 83.1 Å². The van der Waals surface area contributed by atoms with E-state index in [0.717, 1.165) is 33.6 Å². The molecule has 1 atom stereocenters. The largest absolute Gasteiger partial charge is 0.309 e. The van der Waals surface area contributed by atoms with Crippen LogP contribution >= 0.6 is 0 Å². The molecular formula is C65H49N3. The topological polar surface area (TPSA) is 30.7 Å². The number of para-hydroxylation sites is 2. The maximum atomic E-state index is 5.16. The fraction of sp³-hybridized carbons (Fsp3) is 0.108. The molecule has 0 saturated heterocycles. The minimum Gasteiger partial charge on any atom is -0.309 e. The molecule has 1 aliphatic heterocycles. The molecule has 0 bridgehead atoms. The molecule has 1 unspecified atom stereocenters. The Morgan fingerprint density at radius 3 is 1.66 bits per heavy atom. The number of rotatable bonds is 6. The number of hydrogen-bond donors (Lipinski definition) is 0. The summed E-state index contributed by atoms with van der Waals surface area (Å²) in [6, 6.07) is 80.0. The Bertz CT molecular complexity index is 3720. The highest BCUT2D eigenvalue weighted by atomic mass is 15.0. The van der Waals surface area contributed by atoms with Crippen LogP contribution in [0.15, 0.2) is 218 Å². The normalized spacial score (nSPS) is 15.1. The first-order valence-corrected chi connectivity index (χ1v) is 23.8. The molecule has 2 aromatic heterocycles. The van der Waals surface area contributed by atoms with Gasteiger partial charge >= 0.3 is 0 Å².